The zero-order valence-corrected chi connectivity index (χ0v) is 22.9. The number of rotatable bonds is 8. The highest BCUT2D eigenvalue weighted by atomic mass is 16.5. The average molecular weight is 538 g/mol. The van der Waals surface area contributed by atoms with Gasteiger partial charge in [-0.15, -0.1) is 0 Å². The van der Waals surface area contributed by atoms with Crippen molar-refractivity contribution in [1.29, 1.82) is 0 Å². The molecule has 10 heteroatoms. The molecular formula is C29H39N5O5. The summed E-state index contributed by atoms with van der Waals surface area (Å²) >= 11 is 0. The van der Waals surface area contributed by atoms with Crippen LogP contribution in [0.5, 0.6) is 5.75 Å². The Morgan fingerprint density at radius 2 is 1.72 bits per heavy atom. The van der Waals surface area contributed by atoms with Crippen LogP contribution in [0.2, 0.25) is 0 Å². The number of carbonyl (C=O) groups is 4. The summed E-state index contributed by atoms with van der Waals surface area (Å²) in [6.45, 7) is 7.18. The molecule has 0 saturated carbocycles. The quantitative estimate of drug-likeness (QED) is 0.466. The molecular weight excluding hydrogens is 498 g/mol. The zero-order valence-electron chi connectivity index (χ0n) is 22.9. The van der Waals surface area contributed by atoms with Crippen molar-refractivity contribution in [2.45, 2.75) is 38.8 Å². The van der Waals surface area contributed by atoms with E-state index >= 15 is 0 Å². The monoisotopic (exact) mass is 537 g/mol. The van der Waals surface area contributed by atoms with Crippen LogP contribution in [0.3, 0.4) is 0 Å². The van der Waals surface area contributed by atoms with E-state index in [1.165, 1.54) is 4.90 Å². The van der Waals surface area contributed by atoms with Crippen molar-refractivity contribution in [3.8, 4) is 5.75 Å². The molecule has 0 radical (unpaired) electrons. The summed E-state index contributed by atoms with van der Waals surface area (Å²) in [5, 5.41) is 8.34. The standard InChI is InChI=1S/C29H39N5O5/c1-4-34(5-2)16-15-30-28(37)23-20-26(35)31-24(19-21-11-7-6-8-12-21)29(38)33(3)17-18-39-25-14-10-9-13-22(25)27(36)32-23/h6-14,23-24H,4-5,15-20H2,1-3H3,(H,30,37)(H,31,35)(H,32,36)/t23-,24-/m0/s1. The highest BCUT2D eigenvalue weighted by molar-refractivity contribution is 6.01. The first-order chi connectivity index (χ1) is 18.8. The Morgan fingerprint density at radius 1 is 1.03 bits per heavy atom. The highest BCUT2D eigenvalue weighted by Gasteiger charge is 2.30. The van der Waals surface area contributed by atoms with E-state index in [0.717, 1.165) is 18.7 Å². The Bertz CT molecular complexity index is 1120. The molecule has 2 atom stereocenters. The second-order valence-electron chi connectivity index (χ2n) is 9.46. The zero-order chi connectivity index (χ0) is 28.2. The smallest absolute Gasteiger partial charge is 0.255 e. The van der Waals surface area contributed by atoms with Crippen LogP contribution in [0.25, 0.3) is 0 Å². The third-order valence-electron chi connectivity index (χ3n) is 6.74. The van der Waals surface area contributed by atoms with Gasteiger partial charge in [0.1, 0.15) is 24.4 Å². The Balaban J connectivity index is 1.85. The molecule has 1 aliphatic rings. The van der Waals surface area contributed by atoms with E-state index in [1.807, 2.05) is 44.2 Å². The molecule has 10 nitrogen and oxygen atoms in total. The van der Waals surface area contributed by atoms with Crippen LogP contribution in [-0.4, -0.2) is 91.9 Å². The fraction of sp³-hybridized carbons (Fsp3) is 0.448. The van der Waals surface area contributed by atoms with E-state index in [1.54, 1.807) is 31.3 Å². The van der Waals surface area contributed by atoms with Crippen LogP contribution in [0.4, 0.5) is 0 Å². The molecule has 39 heavy (non-hydrogen) atoms. The van der Waals surface area contributed by atoms with E-state index in [9.17, 15) is 19.2 Å². The first-order valence-corrected chi connectivity index (χ1v) is 13.4. The summed E-state index contributed by atoms with van der Waals surface area (Å²) in [7, 11) is 1.65. The van der Waals surface area contributed by atoms with Gasteiger partial charge in [-0.25, -0.2) is 0 Å². The molecule has 1 aliphatic heterocycles. The van der Waals surface area contributed by atoms with Gasteiger partial charge < -0.3 is 30.5 Å². The van der Waals surface area contributed by atoms with Gasteiger partial charge in [-0.05, 0) is 30.8 Å². The molecule has 210 valence electrons. The predicted molar refractivity (Wildman–Crippen MR) is 148 cm³/mol. The van der Waals surface area contributed by atoms with E-state index < -0.39 is 29.8 Å². The molecule has 4 amide bonds. The van der Waals surface area contributed by atoms with E-state index in [2.05, 4.69) is 20.9 Å². The number of para-hydroxylation sites is 1. The minimum absolute atomic E-state index is 0.147. The van der Waals surface area contributed by atoms with Crippen LogP contribution < -0.4 is 20.7 Å². The number of amides is 4. The third-order valence-corrected chi connectivity index (χ3v) is 6.74. The maximum absolute atomic E-state index is 13.3. The van der Waals surface area contributed by atoms with Crippen LogP contribution in [-0.2, 0) is 20.8 Å². The molecule has 3 rings (SSSR count). The fourth-order valence-electron chi connectivity index (χ4n) is 4.38. The summed E-state index contributed by atoms with van der Waals surface area (Å²) in [4.78, 5) is 56.6. The number of hydrogen-bond acceptors (Lipinski definition) is 6. The maximum atomic E-state index is 13.3. The van der Waals surface area contributed by atoms with Gasteiger partial charge in [0, 0.05) is 26.6 Å². The maximum Gasteiger partial charge on any atom is 0.255 e. The largest absolute Gasteiger partial charge is 0.491 e. The molecule has 3 N–H and O–H groups in total. The lowest BCUT2D eigenvalue weighted by molar-refractivity contribution is -0.136. The number of hydrogen-bond donors (Lipinski definition) is 3. The van der Waals surface area contributed by atoms with Crippen molar-refractivity contribution < 1.29 is 23.9 Å². The SMILES string of the molecule is CCN(CC)CCNC(=O)[C@@H]1CC(=O)N[C@@H](Cc2ccccc2)C(=O)N(C)CCOc2ccccc2C(=O)N1. The van der Waals surface area contributed by atoms with Gasteiger partial charge in [0.05, 0.1) is 18.5 Å². The molecule has 0 fully saturated rings. The van der Waals surface area contributed by atoms with Gasteiger partial charge >= 0.3 is 0 Å². The molecule has 0 unspecified atom stereocenters. The molecule has 0 aromatic heterocycles. The van der Waals surface area contributed by atoms with E-state index in [0.29, 0.717) is 18.8 Å². The second kappa shape index (κ2) is 14.9. The van der Waals surface area contributed by atoms with Gasteiger partial charge in [-0.1, -0.05) is 56.3 Å². The molecule has 0 spiro atoms. The van der Waals surface area contributed by atoms with Crippen LogP contribution >= 0.6 is 0 Å². The summed E-state index contributed by atoms with van der Waals surface area (Å²) in [5.74, 6) is -1.45. The van der Waals surface area contributed by atoms with Gasteiger partial charge in [-0.2, -0.15) is 0 Å². The molecule has 1 heterocycles. The minimum atomic E-state index is -1.14. The lowest BCUT2D eigenvalue weighted by Gasteiger charge is -2.27. The summed E-state index contributed by atoms with van der Waals surface area (Å²) < 4.78 is 5.86. The second-order valence-corrected chi connectivity index (χ2v) is 9.46. The van der Waals surface area contributed by atoms with Gasteiger partial charge in [-0.3, -0.25) is 19.2 Å². The van der Waals surface area contributed by atoms with E-state index in [-0.39, 0.29) is 37.5 Å². The number of nitrogens with zero attached hydrogens (tertiary/aromatic N) is 2. The van der Waals surface area contributed by atoms with E-state index in [4.69, 9.17) is 4.74 Å². The molecule has 2 aromatic rings. The third kappa shape index (κ3) is 8.81. The normalized spacial score (nSPS) is 18.9. The highest BCUT2D eigenvalue weighted by Crippen LogP contribution is 2.19. The summed E-state index contributed by atoms with van der Waals surface area (Å²) in [5.41, 5.74) is 1.13. The Morgan fingerprint density at radius 3 is 2.44 bits per heavy atom. The lowest BCUT2D eigenvalue weighted by Crippen LogP contribution is -2.53. The number of fused-ring (bicyclic) bond motifs is 1. The van der Waals surface area contributed by atoms with Crippen molar-refractivity contribution in [1.82, 2.24) is 25.8 Å². The number of benzene rings is 2. The number of ether oxygens (including phenoxy) is 1. The van der Waals surface area contributed by atoms with Gasteiger partial charge in [0.15, 0.2) is 0 Å². The number of carbonyl (C=O) groups excluding carboxylic acids is 4. The van der Waals surface area contributed by atoms with Crippen molar-refractivity contribution in [2.75, 3.05) is 46.4 Å². The molecule has 0 aliphatic carbocycles. The minimum Gasteiger partial charge on any atom is -0.491 e. The van der Waals surface area contributed by atoms with Crippen LogP contribution in [0.15, 0.2) is 54.6 Å². The van der Waals surface area contributed by atoms with Crippen molar-refractivity contribution >= 4 is 23.6 Å². The van der Waals surface area contributed by atoms with Crippen molar-refractivity contribution in [3.05, 3.63) is 65.7 Å². The molecule has 0 bridgehead atoms. The first-order valence-electron chi connectivity index (χ1n) is 13.4. The average Bonchev–Trinajstić information content (AvgIpc) is 2.94. The number of likely N-dealkylation sites (N-methyl/N-ethyl adjacent to an activating group) is 2. The lowest BCUT2D eigenvalue weighted by atomic mass is 10.0. The van der Waals surface area contributed by atoms with Crippen LogP contribution in [0, 0.1) is 0 Å². The summed E-state index contributed by atoms with van der Waals surface area (Å²) in [6, 6.07) is 14.1. The Kier molecular flexibility index (Phi) is 11.3. The van der Waals surface area contributed by atoms with Gasteiger partial charge in [0.25, 0.3) is 5.91 Å². The molecule has 2 aromatic carbocycles. The topological polar surface area (TPSA) is 120 Å². The number of nitrogens with one attached hydrogen (secondary N) is 3. The predicted octanol–water partition coefficient (Wildman–Crippen LogP) is 1.21. The molecule has 0 saturated heterocycles. The summed E-state index contributed by atoms with van der Waals surface area (Å²) in [6.07, 6.45) is -0.0410. The van der Waals surface area contributed by atoms with Crippen molar-refractivity contribution in [2.24, 2.45) is 0 Å². The fourth-order valence-corrected chi connectivity index (χ4v) is 4.38. The first kappa shape index (κ1) is 29.6. The van der Waals surface area contributed by atoms with Crippen LogP contribution in [0.1, 0.15) is 36.2 Å². The van der Waals surface area contributed by atoms with Crippen molar-refractivity contribution in [3.63, 3.8) is 0 Å². The Labute approximate surface area is 230 Å². The Hall–Kier alpha value is -3.92. The van der Waals surface area contributed by atoms with Gasteiger partial charge in [0.2, 0.25) is 17.7 Å².